The number of likely N-dealkylation sites (tertiary alicyclic amines) is 1. The van der Waals surface area contributed by atoms with Crippen LogP contribution in [0, 0.1) is 10.1 Å². The maximum atomic E-state index is 11.3. The predicted molar refractivity (Wildman–Crippen MR) is 79.0 cm³/mol. The molecule has 0 aromatic heterocycles. The molecule has 1 saturated heterocycles. The lowest BCUT2D eigenvalue weighted by Crippen LogP contribution is -2.42. The second kappa shape index (κ2) is 6.09. The van der Waals surface area contributed by atoms with Crippen LogP contribution in [0.2, 0.25) is 0 Å². The number of nitrogens with zero attached hydrogens (tertiary/aromatic N) is 3. The number of non-ortho nitro benzene ring substituents is 1. The molecule has 0 amide bonds. The Hall–Kier alpha value is -2.15. The molecule has 1 aliphatic rings. The number of carboxylic acid groups (broad SMARTS) is 1. The van der Waals surface area contributed by atoms with Crippen LogP contribution in [-0.4, -0.2) is 54.1 Å². The molecule has 1 aliphatic heterocycles. The monoisotopic (exact) mass is 293 g/mol. The Morgan fingerprint density at radius 1 is 1.43 bits per heavy atom. The summed E-state index contributed by atoms with van der Waals surface area (Å²) in [7, 11) is 3.85. The molecule has 2 rings (SSSR count). The summed E-state index contributed by atoms with van der Waals surface area (Å²) >= 11 is 0. The molecule has 0 atom stereocenters. The minimum Gasteiger partial charge on any atom is -0.478 e. The number of anilines is 1. The van der Waals surface area contributed by atoms with Gasteiger partial charge in [-0.2, -0.15) is 0 Å². The largest absolute Gasteiger partial charge is 0.478 e. The molecular weight excluding hydrogens is 274 g/mol. The van der Waals surface area contributed by atoms with Crippen molar-refractivity contribution in [3.8, 4) is 0 Å². The van der Waals surface area contributed by atoms with Crippen molar-refractivity contribution in [2.24, 2.45) is 0 Å². The van der Waals surface area contributed by atoms with Gasteiger partial charge < -0.3 is 14.9 Å². The molecule has 0 radical (unpaired) electrons. The first kappa shape index (κ1) is 15.2. The maximum absolute atomic E-state index is 11.3. The Balaban J connectivity index is 2.33. The average molecular weight is 293 g/mol. The molecule has 0 aliphatic carbocycles. The number of nitro benzene ring substituents is 1. The zero-order chi connectivity index (χ0) is 15.6. The van der Waals surface area contributed by atoms with Crippen LogP contribution in [0.5, 0.6) is 0 Å². The van der Waals surface area contributed by atoms with Gasteiger partial charge >= 0.3 is 5.97 Å². The first-order valence-electron chi connectivity index (χ1n) is 6.83. The molecule has 1 heterocycles. The molecule has 0 spiro atoms. The van der Waals surface area contributed by atoms with Gasteiger partial charge in [-0.25, -0.2) is 4.79 Å². The molecule has 0 saturated carbocycles. The molecule has 7 heteroatoms. The zero-order valence-corrected chi connectivity index (χ0v) is 12.2. The van der Waals surface area contributed by atoms with Crippen LogP contribution in [-0.2, 0) is 0 Å². The SMILES string of the molecule is CN1CCC(N(C)c2cc([N+](=O)[O-])ccc2C(=O)O)CC1. The fraction of sp³-hybridized carbons (Fsp3) is 0.500. The molecular formula is C14H19N3O4. The topological polar surface area (TPSA) is 86.9 Å². The lowest BCUT2D eigenvalue weighted by atomic mass is 10.0. The van der Waals surface area contributed by atoms with E-state index in [1.165, 1.54) is 18.2 Å². The van der Waals surface area contributed by atoms with E-state index in [4.69, 9.17) is 0 Å². The van der Waals surface area contributed by atoms with Crippen LogP contribution in [0.25, 0.3) is 0 Å². The molecule has 0 unspecified atom stereocenters. The number of rotatable bonds is 4. The molecule has 7 nitrogen and oxygen atoms in total. The normalized spacial score (nSPS) is 16.7. The summed E-state index contributed by atoms with van der Waals surface area (Å²) < 4.78 is 0. The van der Waals surface area contributed by atoms with Gasteiger partial charge in [-0.1, -0.05) is 0 Å². The van der Waals surface area contributed by atoms with E-state index in [2.05, 4.69) is 4.90 Å². The van der Waals surface area contributed by atoms with Gasteiger partial charge in [0, 0.05) is 25.2 Å². The van der Waals surface area contributed by atoms with Crippen molar-refractivity contribution in [3.63, 3.8) is 0 Å². The standard InChI is InChI=1S/C14H19N3O4/c1-15-7-5-10(6-8-15)16(2)13-9-11(17(20)21)3-4-12(13)14(18)19/h3-4,9-10H,5-8H2,1-2H3,(H,18,19). The summed E-state index contributed by atoms with van der Waals surface area (Å²) in [5.74, 6) is -1.07. The summed E-state index contributed by atoms with van der Waals surface area (Å²) in [4.78, 5) is 25.8. The Morgan fingerprint density at radius 2 is 2.05 bits per heavy atom. The van der Waals surface area contributed by atoms with Gasteiger partial charge in [0.25, 0.3) is 5.69 Å². The molecule has 0 bridgehead atoms. The van der Waals surface area contributed by atoms with Gasteiger partial charge in [0.2, 0.25) is 0 Å². The third-order valence-corrected chi connectivity index (χ3v) is 4.04. The van der Waals surface area contributed by atoms with Crippen LogP contribution in [0.1, 0.15) is 23.2 Å². The summed E-state index contributed by atoms with van der Waals surface area (Å²) in [6.45, 7) is 1.87. The van der Waals surface area contributed by atoms with E-state index in [0.29, 0.717) is 5.69 Å². The highest BCUT2D eigenvalue weighted by atomic mass is 16.6. The molecule has 114 valence electrons. The third kappa shape index (κ3) is 3.30. The maximum Gasteiger partial charge on any atom is 0.337 e. The van der Waals surface area contributed by atoms with E-state index < -0.39 is 10.9 Å². The van der Waals surface area contributed by atoms with Crippen molar-refractivity contribution in [2.75, 3.05) is 32.1 Å². The van der Waals surface area contributed by atoms with Gasteiger partial charge in [-0.15, -0.1) is 0 Å². The van der Waals surface area contributed by atoms with Crippen LogP contribution < -0.4 is 4.90 Å². The number of benzene rings is 1. The fourth-order valence-electron chi connectivity index (χ4n) is 2.69. The van der Waals surface area contributed by atoms with Crippen LogP contribution in [0.4, 0.5) is 11.4 Å². The number of aromatic carboxylic acids is 1. The molecule has 1 N–H and O–H groups in total. The Kier molecular flexibility index (Phi) is 4.42. The highest BCUT2D eigenvalue weighted by molar-refractivity contribution is 5.95. The summed E-state index contributed by atoms with van der Waals surface area (Å²) in [6.07, 6.45) is 1.82. The second-order valence-corrected chi connectivity index (χ2v) is 5.41. The summed E-state index contributed by atoms with van der Waals surface area (Å²) in [5.41, 5.74) is 0.419. The Morgan fingerprint density at radius 3 is 2.57 bits per heavy atom. The third-order valence-electron chi connectivity index (χ3n) is 4.04. The van der Waals surface area contributed by atoms with E-state index in [1.54, 1.807) is 0 Å². The number of carbonyl (C=O) groups is 1. The van der Waals surface area contributed by atoms with E-state index in [9.17, 15) is 20.0 Å². The van der Waals surface area contributed by atoms with Gasteiger partial charge in [-0.05, 0) is 39.0 Å². The van der Waals surface area contributed by atoms with Crippen LogP contribution in [0.3, 0.4) is 0 Å². The van der Waals surface area contributed by atoms with E-state index in [0.717, 1.165) is 25.9 Å². The van der Waals surface area contributed by atoms with Gasteiger partial charge in [0.1, 0.15) is 0 Å². The highest BCUT2D eigenvalue weighted by Gasteiger charge is 2.25. The van der Waals surface area contributed by atoms with E-state index in [-0.39, 0.29) is 17.3 Å². The van der Waals surface area contributed by atoms with Gasteiger partial charge in [0.15, 0.2) is 0 Å². The minimum atomic E-state index is -1.07. The number of carboxylic acids is 1. The minimum absolute atomic E-state index is 0.0882. The van der Waals surface area contributed by atoms with Crippen molar-refractivity contribution in [2.45, 2.75) is 18.9 Å². The van der Waals surface area contributed by atoms with Crippen LogP contribution >= 0.6 is 0 Å². The van der Waals surface area contributed by atoms with E-state index in [1.807, 2.05) is 19.0 Å². The number of piperidine rings is 1. The fourth-order valence-corrected chi connectivity index (χ4v) is 2.69. The first-order valence-corrected chi connectivity index (χ1v) is 6.83. The van der Waals surface area contributed by atoms with Crippen LogP contribution in [0.15, 0.2) is 18.2 Å². The lowest BCUT2D eigenvalue weighted by Gasteiger charge is -2.36. The van der Waals surface area contributed by atoms with Crippen molar-refractivity contribution < 1.29 is 14.8 Å². The molecule has 1 aromatic carbocycles. The van der Waals surface area contributed by atoms with Crippen molar-refractivity contribution in [1.82, 2.24) is 4.90 Å². The van der Waals surface area contributed by atoms with Crippen molar-refractivity contribution in [3.05, 3.63) is 33.9 Å². The van der Waals surface area contributed by atoms with Gasteiger partial charge in [-0.3, -0.25) is 10.1 Å². The Labute approximate surface area is 122 Å². The average Bonchev–Trinajstić information content (AvgIpc) is 2.46. The molecule has 1 aromatic rings. The van der Waals surface area contributed by atoms with E-state index >= 15 is 0 Å². The molecule has 21 heavy (non-hydrogen) atoms. The van der Waals surface area contributed by atoms with Gasteiger partial charge in [0.05, 0.1) is 16.2 Å². The predicted octanol–water partition coefficient (Wildman–Crippen LogP) is 1.82. The number of nitro groups is 1. The zero-order valence-electron chi connectivity index (χ0n) is 12.2. The summed E-state index contributed by atoms with van der Waals surface area (Å²) in [5, 5.41) is 20.2. The highest BCUT2D eigenvalue weighted by Crippen LogP contribution is 2.29. The molecule has 1 fully saturated rings. The smallest absolute Gasteiger partial charge is 0.337 e. The first-order chi connectivity index (χ1) is 9.90. The van der Waals surface area contributed by atoms with Crippen molar-refractivity contribution >= 4 is 17.3 Å². The van der Waals surface area contributed by atoms with Crippen molar-refractivity contribution in [1.29, 1.82) is 0 Å². The lowest BCUT2D eigenvalue weighted by molar-refractivity contribution is -0.384. The Bertz CT molecular complexity index is 553. The second-order valence-electron chi connectivity index (χ2n) is 5.41. The number of hydrogen-bond donors (Lipinski definition) is 1. The quantitative estimate of drug-likeness (QED) is 0.673. The summed E-state index contributed by atoms with van der Waals surface area (Å²) in [6, 6.07) is 4.08. The number of hydrogen-bond acceptors (Lipinski definition) is 5.